The Kier molecular flexibility index (Phi) is 5.91. The summed E-state index contributed by atoms with van der Waals surface area (Å²) in [6.45, 7) is 0. The Balaban J connectivity index is 0.00000225. The summed E-state index contributed by atoms with van der Waals surface area (Å²) >= 11 is 0. The third kappa shape index (κ3) is 4.23. The van der Waals surface area contributed by atoms with E-state index in [1.54, 1.807) is 18.2 Å². The molecule has 0 atom stereocenters. The number of nitrogens with two attached hydrogens (primary N) is 1. The van der Waals surface area contributed by atoms with Gasteiger partial charge in [-0.3, -0.25) is 4.55 Å². The van der Waals surface area contributed by atoms with Crippen LogP contribution in [0, 0.1) is 5.82 Å². The fraction of sp³-hybridized carbons (Fsp3) is 0. The zero-order valence-electron chi connectivity index (χ0n) is 12.2. The number of rotatable bonds is 3. The average Bonchev–Trinajstić information content (AvgIpc) is 2.55. The number of nitrogens with zero attached hydrogens (tertiary/aromatic N) is 2. The molecule has 0 bridgehead atoms. The molecule has 0 aliphatic heterocycles. The molecule has 0 fully saturated rings. The standard InChI is InChI=1S/C16H12FN3O3S.Na.H/c17-10-5-7-11(8-6-10)19-20-14-9-15(24(21,22)23)12-3-1-2-4-13(12)16(14)18;;/h1-9H,18H2,(H,21,22,23);;/b20-19+;;. The van der Waals surface area contributed by atoms with Crippen molar-refractivity contribution in [3.05, 3.63) is 60.4 Å². The first-order valence-electron chi connectivity index (χ1n) is 6.82. The molecule has 0 aliphatic carbocycles. The molecule has 25 heavy (non-hydrogen) atoms. The van der Waals surface area contributed by atoms with E-state index >= 15 is 0 Å². The third-order valence-corrected chi connectivity index (χ3v) is 4.30. The maximum absolute atomic E-state index is 12.9. The van der Waals surface area contributed by atoms with E-state index in [1.807, 2.05) is 0 Å². The van der Waals surface area contributed by atoms with E-state index in [9.17, 15) is 17.4 Å². The van der Waals surface area contributed by atoms with Crippen LogP contribution < -0.4 is 5.73 Å². The molecule has 0 radical (unpaired) electrons. The van der Waals surface area contributed by atoms with Gasteiger partial charge in [0.2, 0.25) is 0 Å². The number of nitrogen functional groups attached to an aromatic ring is 1. The average molecular weight is 369 g/mol. The second-order valence-electron chi connectivity index (χ2n) is 5.00. The van der Waals surface area contributed by atoms with Gasteiger partial charge in [-0.25, -0.2) is 4.39 Å². The van der Waals surface area contributed by atoms with E-state index in [4.69, 9.17) is 5.73 Å². The summed E-state index contributed by atoms with van der Waals surface area (Å²) in [5, 5.41) is 8.56. The molecule has 9 heteroatoms. The number of fused-ring (bicyclic) bond motifs is 1. The van der Waals surface area contributed by atoms with E-state index in [2.05, 4.69) is 10.2 Å². The van der Waals surface area contributed by atoms with Gasteiger partial charge in [-0.1, -0.05) is 24.3 Å². The van der Waals surface area contributed by atoms with Gasteiger partial charge in [-0.05, 0) is 30.3 Å². The fourth-order valence-corrected chi connectivity index (χ4v) is 2.98. The maximum atomic E-state index is 12.9. The van der Waals surface area contributed by atoms with Gasteiger partial charge in [0.15, 0.2) is 0 Å². The van der Waals surface area contributed by atoms with Crippen molar-refractivity contribution in [1.29, 1.82) is 0 Å². The first-order valence-corrected chi connectivity index (χ1v) is 8.26. The quantitative estimate of drug-likeness (QED) is 0.319. The molecule has 0 saturated heterocycles. The minimum absolute atomic E-state index is 0. The second-order valence-corrected chi connectivity index (χ2v) is 6.39. The molecule has 0 heterocycles. The topological polar surface area (TPSA) is 105 Å². The van der Waals surface area contributed by atoms with Crippen LogP contribution in [0.15, 0.2) is 69.7 Å². The molecule has 0 amide bonds. The molecular weight excluding hydrogens is 356 g/mol. The van der Waals surface area contributed by atoms with E-state index < -0.39 is 15.9 Å². The van der Waals surface area contributed by atoms with Crippen LogP contribution in [-0.4, -0.2) is 42.5 Å². The summed E-state index contributed by atoms with van der Waals surface area (Å²) in [6, 6.07) is 12.9. The molecule has 3 N–H and O–H groups in total. The summed E-state index contributed by atoms with van der Waals surface area (Å²) in [7, 11) is -4.46. The van der Waals surface area contributed by atoms with Crippen LogP contribution >= 0.6 is 0 Å². The van der Waals surface area contributed by atoms with Crippen molar-refractivity contribution < 1.29 is 17.4 Å². The van der Waals surface area contributed by atoms with Crippen molar-refractivity contribution in [1.82, 2.24) is 0 Å². The molecule has 0 unspecified atom stereocenters. The molecule has 0 aliphatic rings. The molecule has 0 spiro atoms. The van der Waals surface area contributed by atoms with E-state index in [0.717, 1.165) is 6.07 Å². The Morgan fingerprint density at radius 2 is 1.56 bits per heavy atom. The second kappa shape index (κ2) is 7.59. The number of azo groups is 1. The zero-order chi connectivity index (χ0) is 17.3. The summed E-state index contributed by atoms with van der Waals surface area (Å²) in [5.74, 6) is -0.409. The van der Waals surface area contributed by atoms with Gasteiger partial charge in [0.25, 0.3) is 10.1 Å². The van der Waals surface area contributed by atoms with Crippen LogP contribution in [0.1, 0.15) is 0 Å². The molecule has 6 nitrogen and oxygen atoms in total. The Hall–Kier alpha value is -1.84. The van der Waals surface area contributed by atoms with Gasteiger partial charge < -0.3 is 5.73 Å². The minimum atomic E-state index is -4.46. The van der Waals surface area contributed by atoms with Crippen LogP contribution in [0.3, 0.4) is 0 Å². The van der Waals surface area contributed by atoms with Crippen molar-refractivity contribution in [2.24, 2.45) is 10.2 Å². The summed E-state index contributed by atoms with van der Waals surface area (Å²) < 4.78 is 45.6. The van der Waals surface area contributed by atoms with Crippen LogP contribution in [0.5, 0.6) is 0 Å². The summed E-state index contributed by atoms with van der Waals surface area (Å²) in [6.07, 6.45) is 0. The zero-order valence-corrected chi connectivity index (χ0v) is 13.0. The normalized spacial score (nSPS) is 11.6. The summed E-state index contributed by atoms with van der Waals surface area (Å²) in [4.78, 5) is -0.305. The molecule has 0 saturated carbocycles. The molecule has 3 rings (SSSR count). The first-order chi connectivity index (χ1) is 11.4. The Morgan fingerprint density at radius 3 is 2.16 bits per heavy atom. The van der Waals surface area contributed by atoms with Crippen molar-refractivity contribution in [3.8, 4) is 0 Å². The molecule has 3 aromatic rings. The van der Waals surface area contributed by atoms with Gasteiger partial charge in [-0.2, -0.15) is 13.5 Å². The van der Waals surface area contributed by atoms with Crippen LogP contribution in [0.25, 0.3) is 10.8 Å². The van der Waals surface area contributed by atoms with Crippen LogP contribution in [-0.2, 0) is 10.1 Å². The Morgan fingerprint density at radius 1 is 0.960 bits per heavy atom. The van der Waals surface area contributed by atoms with Gasteiger partial charge >= 0.3 is 29.6 Å². The Bertz CT molecular complexity index is 1050. The van der Waals surface area contributed by atoms with E-state index in [0.29, 0.717) is 16.5 Å². The van der Waals surface area contributed by atoms with Crippen molar-refractivity contribution in [2.75, 3.05) is 5.73 Å². The monoisotopic (exact) mass is 369 g/mol. The number of benzene rings is 3. The number of hydrogen-bond acceptors (Lipinski definition) is 5. The molecule has 0 aromatic heterocycles. The number of halogens is 1. The molecule has 124 valence electrons. The molecular formula is C16H13FN3NaO3S. The van der Waals surface area contributed by atoms with Crippen molar-refractivity contribution >= 4 is 67.5 Å². The van der Waals surface area contributed by atoms with Crippen LogP contribution in [0.4, 0.5) is 21.5 Å². The number of anilines is 1. The van der Waals surface area contributed by atoms with Gasteiger partial charge in [0.1, 0.15) is 16.4 Å². The number of hydrogen-bond donors (Lipinski definition) is 2. The van der Waals surface area contributed by atoms with Crippen molar-refractivity contribution in [3.63, 3.8) is 0 Å². The summed E-state index contributed by atoms with van der Waals surface area (Å²) in [5.41, 5.74) is 6.72. The van der Waals surface area contributed by atoms with Crippen LogP contribution in [0.2, 0.25) is 0 Å². The van der Waals surface area contributed by atoms with Crippen molar-refractivity contribution in [2.45, 2.75) is 4.90 Å². The molecule has 3 aromatic carbocycles. The Labute approximate surface area is 165 Å². The predicted molar refractivity (Wildman–Crippen MR) is 95.9 cm³/mol. The fourth-order valence-electron chi connectivity index (χ4n) is 2.27. The van der Waals surface area contributed by atoms with Gasteiger partial charge in [-0.15, -0.1) is 5.11 Å². The van der Waals surface area contributed by atoms with E-state index in [1.165, 1.54) is 30.3 Å². The SMILES string of the molecule is Nc1c(/N=N/c2ccc(F)cc2)cc(S(=O)(=O)O)c2ccccc12.[NaH]. The van der Waals surface area contributed by atoms with E-state index in [-0.39, 0.29) is 45.8 Å². The van der Waals surface area contributed by atoms with Gasteiger partial charge in [0, 0.05) is 10.8 Å². The predicted octanol–water partition coefficient (Wildman–Crippen LogP) is 3.57. The van der Waals surface area contributed by atoms with Gasteiger partial charge in [0.05, 0.1) is 11.4 Å². The first kappa shape index (κ1) is 19.5. The third-order valence-electron chi connectivity index (χ3n) is 3.40.